The van der Waals surface area contributed by atoms with Crippen LogP contribution in [0.5, 0.6) is 11.5 Å². The van der Waals surface area contributed by atoms with Crippen molar-refractivity contribution in [3.8, 4) is 11.5 Å². The molecule has 0 aromatic heterocycles. The lowest BCUT2D eigenvalue weighted by atomic mass is 10.2. The number of methoxy groups -OCH3 is 1. The molecule has 0 unspecified atom stereocenters. The Kier molecular flexibility index (Phi) is 6.82. The summed E-state index contributed by atoms with van der Waals surface area (Å²) in [5, 5.41) is 2.80. The third-order valence-corrected chi connectivity index (χ3v) is 3.99. The van der Waals surface area contributed by atoms with E-state index < -0.39 is 6.61 Å². The molecule has 4 nitrogen and oxygen atoms in total. The fraction of sp³-hybridized carbons (Fsp3) is 0.167. The van der Waals surface area contributed by atoms with E-state index >= 15 is 0 Å². The Bertz CT molecular complexity index is 766. The molecule has 25 heavy (non-hydrogen) atoms. The van der Waals surface area contributed by atoms with Crippen molar-refractivity contribution in [1.29, 1.82) is 0 Å². The third kappa shape index (κ3) is 5.49. The number of halogens is 2. The van der Waals surface area contributed by atoms with Crippen molar-refractivity contribution in [2.75, 3.05) is 18.7 Å². The molecule has 0 saturated carbocycles. The van der Waals surface area contributed by atoms with Gasteiger partial charge in [-0.2, -0.15) is 8.78 Å². The van der Waals surface area contributed by atoms with Crippen molar-refractivity contribution < 1.29 is 23.0 Å². The highest BCUT2D eigenvalue weighted by molar-refractivity contribution is 7.98. The molecule has 0 aliphatic heterocycles. The highest BCUT2D eigenvalue weighted by Crippen LogP contribution is 2.30. The number of carbonyl (C=O) groups is 1. The minimum Gasteiger partial charge on any atom is -0.493 e. The van der Waals surface area contributed by atoms with Gasteiger partial charge in [0.2, 0.25) is 5.91 Å². The van der Waals surface area contributed by atoms with E-state index in [4.69, 9.17) is 4.74 Å². The van der Waals surface area contributed by atoms with Crippen molar-refractivity contribution in [2.45, 2.75) is 11.5 Å². The van der Waals surface area contributed by atoms with Crippen LogP contribution in [0.1, 0.15) is 5.56 Å². The molecule has 0 heterocycles. The molecular weight excluding hydrogens is 348 g/mol. The van der Waals surface area contributed by atoms with E-state index in [1.165, 1.54) is 37.1 Å². The largest absolute Gasteiger partial charge is 0.493 e. The van der Waals surface area contributed by atoms with Gasteiger partial charge in [0.05, 0.1) is 12.8 Å². The van der Waals surface area contributed by atoms with Gasteiger partial charge in [0.15, 0.2) is 11.5 Å². The first-order chi connectivity index (χ1) is 12.0. The summed E-state index contributed by atoms with van der Waals surface area (Å²) < 4.78 is 34.0. The van der Waals surface area contributed by atoms with Crippen molar-refractivity contribution in [3.05, 3.63) is 54.1 Å². The molecule has 0 atom stereocenters. The Morgan fingerprint density at radius 3 is 2.64 bits per heavy atom. The maximum atomic E-state index is 12.3. The normalized spacial score (nSPS) is 10.9. The number of anilines is 1. The van der Waals surface area contributed by atoms with Gasteiger partial charge in [-0.05, 0) is 42.2 Å². The van der Waals surface area contributed by atoms with Crippen LogP contribution in [0.25, 0.3) is 6.08 Å². The summed E-state index contributed by atoms with van der Waals surface area (Å²) >= 11 is 1.53. The maximum absolute atomic E-state index is 12.3. The summed E-state index contributed by atoms with van der Waals surface area (Å²) in [6, 6.07) is 11.9. The number of amides is 1. The molecule has 2 rings (SSSR count). The molecule has 0 fully saturated rings. The van der Waals surface area contributed by atoms with E-state index in [2.05, 4.69) is 10.1 Å². The smallest absolute Gasteiger partial charge is 0.387 e. The second-order valence-electron chi connectivity index (χ2n) is 4.81. The zero-order valence-electron chi connectivity index (χ0n) is 13.7. The Balaban J connectivity index is 2.09. The van der Waals surface area contributed by atoms with E-state index in [1.54, 1.807) is 12.1 Å². The fourth-order valence-corrected chi connectivity index (χ4v) is 2.63. The number of carbonyl (C=O) groups excluding carboxylic acids is 1. The molecule has 0 radical (unpaired) electrons. The maximum Gasteiger partial charge on any atom is 0.387 e. The lowest BCUT2D eigenvalue weighted by Gasteiger charge is -2.10. The number of ether oxygens (including phenoxy) is 2. The Morgan fingerprint density at radius 1 is 1.20 bits per heavy atom. The quantitative estimate of drug-likeness (QED) is 0.572. The molecule has 132 valence electrons. The zero-order valence-corrected chi connectivity index (χ0v) is 14.5. The van der Waals surface area contributed by atoms with Crippen LogP contribution in [0.2, 0.25) is 0 Å². The van der Waals surface area contributed by atoms with Crippen LogP contribution in [0, 0.1) is 0 Å². The van der Waals surface area contributed by atoms with E-state index in [-0.39, 0.29) is 17.4 Å². The van der Waals surface area contributed by atoms with Gasteiger partial charge >= 0.3 is 6.61 Å². The van der Waals surface area contributed by atoms with Crippen LogP contribution < -0.4 is 14.8 Å². The van der Waals surface area contributed by atoms with Crippen molar-refractivity contribution >= 4 is 29.4 Å². The van der Waals surface area contributed by atoms with Crippen LogP contribution in [-0.4, -0.2) is 25.9 Å². The Hall–Kier alpha value is -2.54. The van der Waals surface area contributed by atoms with Gasteiger partial charge in [-0.1, -0.05) is 18.2 Å². The van der Waals surface area contributed by atoms with Gasteiger partial charge in [0, 0.05) is 11.0 Å². The fourth-order valence-electron chi connectivity index (χ4n) is 2.08. The molecule has 0 saturated heterocycles. The second kappa shape index (κ2) is 9.08. The number of nitrogens with one attached hydrogen (secondary N) is 1. The monoisotopic (exact) mass is 365 g/mol. The van der Waals surface area contributed by atoms with E-state index in [0.29, 0.717) is 5.56 Å². The van der Waals surface area contributed by atoms with E-state index in [0.717, 1.165) is 10.6 Å². The Morgan fingerprint density at radius 2 is 1.96 bits per heavy atom. The minimum absolute atomic E-state index is 0.0620. The number of thioether (sulfide) groups is 1. The molecule has 1 amide bonds. The van der Waals surface area contributed by atoms with Crippen LogP contribution >= 0.6 is 11.8 Å². The van der Waals surface area contributed by atoms with Crippen molar-refractivity contribution in [2.24, 2.45) is 0 Å². The molecule has 0 bridgehead atoms. The summed E-state index contributed by atoms with van der Waals surface area (Å²) in [5.41, 5.74) is 1.34. The summed E-state index contributed by atoms with van der Waals surface area (Å²) in [4.78, 5) is 13.0. The first-order valence-electron chi connectivity index (χ1n) is 7.28. The average molecular weight is 365 g/mol. The van der Waals surface area contributed by atoms with Crippen LogP contribution in [0.4, 0.5) is 14.5 Å². The lowest BCUT2D eigenvalue weighted by Crippen LogP contribution is -2.08. The van der Waals surface area contributed by atoms with Gasteiger partial charge in [-0.15, -0.1) is 11.8 Å². The molecule has 1 N–H and O–H groups in total. The third-order valence-electron chi connectivity index (χ3n) is 3.20. The molecule has 0 spiro atoms. The summed E-state index contributed by atoms with van der Waals surface area (Å²) in [6.07, 6.45) is 4.85. The SMILES string of the molecule is COc1cc(/C=C/C(=O)Nc2ccccc2SC)ccc1OC(F)F. The molecular formula is C18H17F2NO3S. The van der Waals surface area contributed by atoms with Crippen molar-refractivity contribution in [1.82, 2.24) is 0 Å². The summed E-state index contributed by atoms with van der Waals surface area (Å²) in [5.74, 6) is -0.197. The summed E-state index contributed by atoms with van der Waals surface area (Å²) in [6.45, 7) is -2.93. The lowest BCUT2D eigenvalue weighted by molar-refractivity contribution is -0.111. The van der Waals surface area contributed by atoms with E-state index in [1.807, 2.05) is 30.5 Å². The number of hydrogen-bond donors (Lipinski definition) is 1. The minimum atomic E-state index is -2.93. The number of benzene rings is 2. The highest BCUT2D eigenvalue weighted by atomic mass is 32.2. The van der Waals surface area contributed by atoms with Crippen molar-refractivity contribution in [3.63, 3.8) is 0 Å². The van der Waals surface area contributed by atoms with Gasteiger partial charge in [0.25, 0.3) is 0 Å². The number of hydrogen-bond acceptors (Lipinski definition) is 4. The van der Waals surface area contributed by atoms with Gasteiger partial charge in [-0.25, -0.2) is 0 Å². The first kappa shape index (κ1) is 18.8. The number of para-hydroxylation sites is 1. The molecule has 2 aromatic carbocycles. The predicted molar refractivity (Wildman–Crippen MR) is 95.5 cm³/mol. The highest BCUT2D eigenvalue weighted by Gasteiger charge is 2.10. The van der Waals surface area contributed by atoms with Crippen LogP contribution in [-0.2, 0) is 4.79 Å². The molecule has 0 aliphatic carbocycles. The predicted octanol–water partition coefficient (Wildman–Crippen LogP) is 4.67. The molecule has 7 heteroatoms. The van der Waals surface area contributed by atoms with Crippen LogP contribution in [0.3, 0.4) is 0 Å². The van der Waals surface area contributed by atoms with E-state index in [9.17, 15) is 13.6 Å². The second-order valence-corrected chi connectivity index (χ2v) is 5.66. The molecule has 0 aliphatic rings. The standard InChI is InChI=1S/C18H17F2NO3S/c1-23-15-11-12(7-9-14(15)24-18(19)20)8-10-17(22)21-13-5-3-4-6-16(13)25-2/h3-11,18H,1-2H3,(H,21,22)/b10-8+. The van der Waals surface area contributed by atoms with Crippen LogP contribution in [0.15, 0.2) is 53.4 Å². The summed E-state index contributed by atoms with van der Waals surface area (Å²) in [7, 11) is 1.35. The van der Waals surface area contributed by atoms with Gasteiger partial charge in [0.1, 0.15) is 0 Å². The average Bonchev–Trinajstić information content (AvgIpc) is 2.60. The zero-order chi connectivity index (χ0) is 18.2. The number of rotatable bonds is 7. The first-order valence-corrected chi connectivity index (χ1v) is 8.51. The molecule has 2 aromatic rings. The Labute approximate surface area is 148 Å². The number of alkyl halides is 2. The van der Waals surface area contributed by atoms with Gasteiger partial charge in [-0.3, -0.25) is 4.79 Å². The van der Waals surface area contributed by atoms with Gasteiger partial charge < -0.3 is 14.8 Å². The topological polar surface area (TPSA) is 47.6 Å².